The number of fused-ring (bicyclic) bond motifs is 1. The van der Waals surface area contributed by atoms with Crippen LogP contribution in [0.4, 0.5) is 5.82 Å². The molecule has 0 N–H and O–H groups in total. The molecule has 4 heteroatoms. The highest BCUT2D eigenvalue weighted by Gasteiger charge is 2.17. The van der Waals surface area contributed by atoms with Crippen LogP contribution in [-0.4, -0.2) is 22.5 Å². The lowest BCUT2D eigenvalue weighted by Crippen LogP contribution is -2.30. The molecule has 1 saturated heterocycles. The van der Waals surface area contributed by atoms with Crippen LogP contribution in [0, 0.1) is 6.92 Å². The van der Waals surface area contributed by atoms with Gasteiger partial charge in [-0.25, -0.2) is 4.98 Å². The molecule has 0 saturated carbocycles. The van der Waals surface area contributed by atoms with E-state index in [-0.39, 0.29) is 0 Å². The molecular formula is C11H15N3S. The summed E-state index contributed by atoms with van der Waals surface area (Å²) < 4.78 is 2.19. The van der Waals surface area contributed by atoms with Crippen molar-refractivity contribution in [3.63, 3.8) is 0 Å². The minimum Gasteiger partial charge on any atom is -0.355 e. The average Bonchev–Trinajstić information content (AvgIpc) is 2.83. The molecule has 80 valence electrons. The van der Waals surface area contributed by atoms with Gasteiger partial charge in [0.05, 0.1) is 5.69 Å². The van der Waals surface area contributed by atoms with Crippen molar-refractivity contribution in [3.8, 4) is 0 Å². The van der Waals surface area contributed by atoms with Crippen LogP contribution in [0.5, 0.6) is 0 Å². The highest BCUT2D eigenvalue weighted by molar-refractivity contribution is 7.15. The van der Waals surface area contributed by atoms with E-state index in [9.17, 15) is 0 Å². The van der Waals surface area contributed by atoms with Gasteiger partial charge in [0.15, 0.2) is 10.8 Å². The van der Waals surface area contributed by atoms with Gasteiger partial charge in [-0.05, 0) is 26.2 Å². The monoisotopic (exact) mass is 221 g/mol. The molecule has 0 bridgehead atoms. The fraction of sp³-hybridized carbons (Fsp3) is 0.545. The third-order valence-corrected chi connectivity index (χ3v) is 3.89. The maximum absolute atomic E-state index is 4.70. The molecule has 3 nitrogen and oxygen atoms in total. The van der Waals surface area contributed by atoms with E-state index in [0.29, 0.717) is 0 Å². The van der Waals surface area contributed by atoms with Crippen molar-refractivity contribution in [2.45, 2.75) is 26.2 Å². The molecule has 3 rings (SSSR count). The van der Waals surface area contributed by atoms with E-state index in [4.69, 9.17) is 4.98 Å². The number of thiazole rings is 1. The Morgan fingerprint density at radius 1 is 1.27 bits per heavy atom. The smallest absolute Gasteiger partial charge is 0.195 e. The summed E-state index contributed by atoms with van der Waals surface area (Å²) in [6, 6.07) is 0. The molecule has 2 aromatic rings. The summed E-state index contributed by atoms with van der Waals surface area (Å²) in [6.07, 6.45) is 6.10. The number of piperidine rings is 1. The Hall–Kier alpha value is -1.03. The van der Waals surface area contributed by atoms with Gasteiger partial charge in [0.1, 0.15) is 0 Å². The second-order valence-electron chi connectivity index (χ2n) is 4.12. The maximum Gasteiger partial charge on any atom is 0.195 e. The van der Waals surface area contributed by atoms with Crippen molar-refractivity contribution >= 4 is 22.1 Å². The Bertz CT molecular complexity index is 465. The summed E-state index contributed by atoms with van der Waals surface area (Å²) in [6.45, 7) is 4.51. The lowest BCUT2D eigenvalue weighted by atomic mass is 10.1. The first-order chi connectivity index (χ1) is 7.36. The zero-order valence-corrected chi connectivity index (χ0v) is 9.76. The Balaban J connectivity index is 2.02. The molecule has 1 aliphatic heterocycles. The molecule has 0 spiro atoms. The zero-order valence-electron chi connectivity index (χ0n) is 8.94. The molecule has 0 unspecified atom stereocenters. The minimum atomic E-state index is 1.12. The van der Waals surface area contributed by atoms with Crippen molar-refractivity contribution in [1.82, 2.24) is 9.38 Å². The van der Waals surface area contributed by atoms with Crippen LogP contribution in [0.2, 0.25) is 0 Å². The molecule has 2 aromatic heterocycles. The number of aromatic nitrogens is 2. The lowest BCUT2D eigenvalue weighted by Gasteiger charge is -2.27. The van der Waals surface area contributed by atoms with Gasteiger partial charge in [-0.1, -0.05) is 0 Å². The summed E-state index contributed by atoms with van der Waals surface area (Å²) in [4.78, 5) is 8.25. The Labute approximate surface area is 93.4 Å². The van der Waals surface area contributed by atoms with Gasteiger partial charge in [-0.15, -0.1) is 11.3 Å². The van der Waals surface area contributed by atoms with Gasteiger partial charge < -0.3 is 4.90 Å². The molecule has 0 aromatic carbocycles. The maximum atomic E-state index is 4.70. The quantitative estimate of drug-likeness (QED) is 0.738. The van der Waals surface area contributed by atoms with Gasteiger partial charge in [-0.3, -0.25) is 4.40 Å². The van der Waals surface area contributed by atoms with E-state index in [1.807, 2.05) is 0 Å². The summed E-state index contributed by atoms with van der Waals surface area (Å²) >= 11 is 1.71. The summed E-state index contributed by atoms with van der Waals surface area (Å²) in [5.41, 5.74) is 1.29. The number of aryl methyl sites for hydroxylation is 1. The van der Waals surface area contributed by atoms with Crippen LogP contribution in [0.3, 0.4) is 0 Å². The first-order valence-electron chi connectivity index (χ1n) is 5.53. The van der Waals surface area contributed by atoms with Crippen LogP contribution in [0.15, 0.2) is 11.6 Å². The average molecular weight is 221 g/mol. The van der Waals surface area contributed by atoms with Crippen molar-refractivity contribution < 1.29 is 0 Å². The van der Waals surface area contributed by atoms with Gasteiger partial charge >= 0.3 is 0 Å². The second-order valence-corrected chi connectivity index (χ2v) is 5.00. The second kappa shape index (κ2) is 3.52. The third kappa shape index (κ3) is 1.44. The van der Waals surface area contributed by atoms with E-state index in [0.717, 1.165) is 4.96 Å². The van der Waals surface area contributed by atoms with E-state index in [2.05, 4.69) is 27.8 Å². The molecule has 15 heavy (non-hydrogen) atoms. The predicted octanol–water partition coefficient (Wildman–Crippen LogP) is 2.69. The van der Waals surface area contributed by atoms with Crippen LogP contribution in [0.1, 0.15) is 25.0 Å². The summed E-state index contributed by atoms with van der Waals surface area (Å²) in [5.74, 6) is 1.20. The number of hydrogen-bond donors (Lipinski definition) is 0. The molecular weight excluding hydrogens is 206 g/mol. The van der Waals surface area contributed by atoms with E-state index in [1.165, 1.54) is 43.9 Å². The molecule has 1 fully saturated rings. The van der Waals surface area contributed by atoms with Crippen molar-refractivity contribution in [3.05, 3.63) is 17.3 Å². The van der Waals surface area contributed by atoms with Crippen LogP contribution in [0.25, 0.3) is 4.96 Å². The highest BCUT2D eigenvalue weighted by Crippen LogP contribution is 2.25. The molecule has 3 heterocycles. The number of rotatable bonds is 1. The molecule has 1 aliphatic rings. The van der Waals surface area contributed by atoms with Crippen LogP contribution >= 0.6 is 11.3 Å². The topological polar surface area (TPSA) is 20.5 Å². The van der Waals surface area contributed by atoms with Crippen LogP contribution in [-0.2, 0) is 0 Å². The fourth-order valence-corrected chi connectivity index (χ4v) is 3.05. The van der Waals surface area contributed by atoms with Crippen molar-refractivity contribution in [1.29, 1.82) is 0 Å². The lowest BCUT2D eigenvalue weighted by molar-refractivity contribution is 0.573. The summed E-state index contributed by atoms with van der Waals surface area (Å²) in [5, 5.41) is 2.09. The fourth-order valence-electron chi connectivity index (χ4n) is 2.29. The Kier molecular flexibility index (Phi) is 2.16. The Morgan fingerprint density at radius 3 is 2.80 bits per heavy atom. The molecule has 0 atom stereocenters. The predicted molar refractivity (Wildman–Crippen MR) is 63.9 cm³/mol. The number of nitrogens with zero attached hydrogens (tertiary/aromatic N) is 3. The summed E-state index contributed by atoms with van der Waals surface area (Å²) in [7, 11) is 0. The number of imidazole rings is 1. The van der Waals surface area contributed by atoms with Gasteiger partial charge in [0.2, 0.25) is 0 Å². The normalized spacial score (nSPS) is 17.5. The van der Waals surface area contributed by atoms with Gasteiger partial charge in [-0.2, -0.15) is 0 Å². The highest BCUT2D eigenvalue weighted by atomic mass is 32.1. The van der Waals surface area contributed by atoms with E-state index < -0.39 is 0 Å². The Morgan fingerprint density at radius 2 is 2.07 bits per heavy atom. The SMILES string of the molecule is Cc1c(N2CCCCC2)nc2sccn12. The van der Waals surface area contributed by atoms with Gasteiger partial charge in [0, 0.05) is 24.7 Å². The van der Waals surface area contributed by atoms with Gasteiger partial charge in [0.25, 0.3) is 0 Å². The van der Waals surface area contributed by atoms with Crippen LogP contribution < -0.4 is 4.90 Å². The minimum absolute atomic E-state index is 1.12. The number of hydrogen-bond acceptors (Lipinski definition) is 3. The molecule has 0 amide bonds. The first-order valence-corrected chi connectivity index (χ1v) is 6.41. The third-order valence-electron chi connectivity index (χ3n) is 3.13. The van der Waals surface area contributed by atoms with Crippen molar-refractivity contribution in [2.75, 3.05) is 18.0 Å². The molecule has 0 aliphatic carbocycles. The zero-order chi connectivity index (χ0) is 10.3. The largest absolute Gasteiger partial charge is 0.355 e. The standard InChI is InChI=1S/C11H15N3S/c1-9-10(13-5-3-2-4-6-13)12-11-14(9)7-8-15-11/h7-8H,2-6H2,1H3. The molecule has 0 radical (unpaired) electrons. The van der Waals surface area contributed by atoms with E-state index >= 15 is 0 Å². The van der Waals surface area contributed by atoms with Crippen molar-refractivity contribution in [2.24, 2.45) is 0 Å². The number of anilines is 1. The van der Waals surface area contributed by atoms with E-state index in [1.54, 1.807) is 11.3 Å². The first kappa shape index (κ1) is 9.21.